The maximum Gasteiger partial charge on any atom is 0.191 e. The number of thioether (sulfide) groups is 1. The minimum absolute atomic E-state index is 0.262. The molecule has 1 aromatic rings. The molecule has 0 spiro atoms. The second kappa shape index (κ2) is 12.0. The van der Waals surface area contributed by atoms with Crippen LogP contribution in [-0.4, -0.2) is 49.8 Å². The summed E-state index contributed by atoms with van der Waals surface area (Å²) >= 11 is 1.86. The van der Waals surface area contributed by atoms with Crippen molar-refractivity contribution < 1.29 is 9.15 Å². The topological polar surface area (TPSA) is 58.8 Å². The fourth-order valence-corrected chi connectivity index (χ4v) is 3.07. The molecular formula is C18H29N3O2S. The van der Waals surface area contributed by atoms with E-state index in [9.17, 15) is 0 Å². The molecule has 0 saturated carbocycles. The summed E-state index contributed by atoms with van der Waals surface area (Å²) in [6.45, 7) is 7.01. The molecule has 1 unspecified atom stereocenters. The largest absolute Gasteiger partial charge is 0.469 e. The van der Waals surface area contributed by atoms with Gasteiger partial charge in [0.25, 0.3) is 0 Å². The Kier molecular flexibility index (Phi) is 9.49. The number of aliphatic imine (C=N–C) groups is 1. The average molecular weight is 352 g/mol. The third kappa shape index (κ3) is 7.93. The van der Waals surface area contributed by atoms with E-state index in [1.54, 1.807) is 6.26 Å². The number of furan rings is 1. The highest BCUT2D eigenvalue weighted by Crippen LogP contribution is 2.12. The third-order valence-electron chi connectivity index (χ3n) is 3.75. The van der Waals surface area contributed by atoms with Gasteiger partial charge in [-0.3, -0.25) is 4.99 Å². The van der Waals surface area contributed by atoms with Gasteiger partial charge in [-0.15, -0.1) is 6.58 Å². The van der Waals surface area contributed by atoms with Crippen molar-refractivity contribution in [2.45, 2.75) is 31.8 Å². The van der Waals surface area contributed by atoms with Crippen LogP contribution in [0, 0.1) is 0 Å². The zero-order valence-electron chi connectivity index (χ0n) is 14.3. The molecule has 0 bridgehead atoms. The fourth-order valence-electron chi connectivity index (χ4n) is 2.49. The molecule has 6 heteroatoms. The van der Waals surface area contributed by atoms with Crippen molar-refractivity contribution in [3.8, 4) is 0 Å². The van der Waals surface area contributed by atoms with Gasteiger partial charge in [0.1, 0.15) is 5.76 Å². The van der Waals surface area contributed by atoms with Gasteiger partial charge in [-0.1, -0.05) is 6.08 Å². The molecule has 5 nitrogen and oxygen atoms in total. The first kappa shape index (κ1) is 18.9. The van der Waals surface area contributed by atoms with Crippen LogP contribution in [0.4, 0.5) is 0 Å². The molecular weight excluding hydrogens is 322 g/mol. The smallest absolute Gasteiger partial charge is 0.191 e. The summed E-state index contributed by atoms with van der Waals surface area (Å²) in [5.41, 5.74) is 0. The molecule has 24 heavy (non-hydrogen) atoms. The Morgan fingerprint density at radius 2 is 2.29 bits per heavy atom. The molecule has 1 atom stereocenters. The lowest BCUT2D eigenvalue weighted by molar-refractivity contribution is 0.0224. The van der Waals surface area contributed by atoms with E-state index in [-0.39, 0.29) is 6.10 Å². The Morgan fingerprint density at radius 3 is 3.04 bits per heavy atom. The molecule has 1 fully saturated rings. The van der Waals surface area contributed by atoms with Gasteiger partial charge in [-0.2, -0.15) is 11.8 Å². The van der Waals surface area contributed by atoms with Crippen molar-refractivity contribution in [3.63, 3.8) is 0 Å². The SMILES string of the molecule is C=CCSCCNC(=NCC1CCCCO1)NCCc1ccco1. The van der Waals surface area contributed by atoms with E-state index in [0.29, 0.717) is 0 Å². The highest BCUT2D eigenvalue weighted by atomic mass is 32.2. The fraction of sp³-hybridized carbons (Fsp3) is 0.611. The van der Waals surface area contributed by atoms with E-state index < -0.39 is 0 Å². The van der Waals surface area contributed by atoms with Gasteiger partial charge in [0.05, 0.1) is 18.9 Å². The molecule has 1 aliphatic heterocycles. The summed E-state index contributed by atoms with van der Waals surface area (Å²) < 4.78 is 11.1. The molecule has 2 heterocycles. The normalized spacial score (nSPS) is 18.3. The second-order valence-corrected chi connectivity index (χ2v) is 6.87. The van der Waals surface area contributed by atoms with Gasteiger partial charge in [0.2, 0.25) is 0 Å². The first-order chi connectivity index (χ1) is 11.9. The van der Waals surface area contributed by atoms with Crippen LogP contribution in [0.25, 0.3) is 0 Å². The predicted molar refractivity (Wildman–Crippen MR) is 102 cm³/mol. The van der Waals surface area contributed by atoms with Crippen molar-refractivity contribution in [2.75, 3.05) is 37.7 Å². The van der Waals surface area contributed by atoms with Crippen LogP contribution >= 0.6 is 11.8 Å². The maximum atomic E-state index is 5.76. The van der Waals surface area contributed by atoms with E-state index in [0.717, 1.165) is 62.3 Å². The number of nitrogens with one attached hydrogen (secondary N) is 2. The Balaban J connectivity index is 1.73. The van der Waals surface area contributed by atoms with Crippen LogP contribution in [0.5, 0.6) is 0 Å². The molecule has 1 aliphatic rings. The zero-order valence-corrected chi connectivity index (χ0v) is 15.2. The van der Waals surface area contributed by atoms with Gasteiger partial charge >= 0.3 is 0 Å². The molecule has 0 aromatic carbocycles. The Hall–Kier alpha value is -1.40. The summed E-state index contributed by atoms with van der Waals surface area (Å²) in [7, 11) is 0. The molecule has 0 amide bonds. The number of guanidine groups is 1. The lowest BCUT2D eigenvalue weighted by Gasteiger charge is -2.21. The monoisotopic (exact) mass is 351 g/mol. The first-order valence-electron chi connectivity index (χ1n) is 8.73. The molecule has 2 N–H and O–H groups in total. The summed E-state index contributed by atoms with van der Waals surface area (Å²) in [5.74, 6) is 3.86. The van der Waals surface area contributed by atoms with Gasteiger partial charge in [0.15, 0.2) is 5.96 Å². The standard InChI is InChI=1S/C18H29N3O2S/c1-2-13-24-14-10-20-18(19-9-8-16-7-5-12-22-16)21-15-17-6-3-4-11-23-17/h2,5,7,12,17H,1,3-4,6,8-11,13-15H2,(H2,19,20,21). The number of rotatable bonds is 10. The van der Waals surface area contributed by atoms with Crippen LogP contribution in [-0.2, 0) is 11.2 Å². The number of hydrogen-bond acceptors (Lipinski definition) is 4. The minimum Gasteiger partial charge on any atom is -0.469 e. The highest BCUT2D eigenvalue weighted by Gasteiger charge is 2.13. The van der Waals surface area contributed by atoms with Crippen molar-refractivity contribution in [2.24, 2.45) is 4.99 Å². The van der Waals surface area contributed by atoms with Crippen LogP contribution in [0.15, 0.2) is 40.5 Å². The van der Waals surface area contributed by atoms with E-state index in [1.165, 1.54) is 12.8 Å². The quantitative estimate of drug-likeness (QED) is 0.294. The summed E-state index contributed by atoms with van der Waals surface area (Å²) in [5, 5.41) is 6.78. The van der Waals surface area contributed by atoms with E-state index in [4.69, 9.17) is 14.1 Å². The summed E-state index contributed by atoms with van der Waals surface area (Å²) in [6.07, 6.45) is 8.27. The van der Waals surface area contributed by atoms with Gasteiger partial charge < -0.3 is 19.8 Å². The lowest BCUT2D eigenvalue weighted by atomic mass is 10.1. The molecule has 134 valence electrons. The van der Waals surface area contributed by atoms with Crippen molar-refractivity contribution >= 4 is 17.7 Å². The highest BCUT2D eigenvalue weighted by molar-refractivity contribution is 7.99. The average Bonchev–Trinajstić information content (AvgIpc) is 3.13. The Bertz CT molecular complexity index is 471. The Morgan fingerprint density at radius 1 is 1.38 bits per heavy atom. The number of nitrogens with zero attached hydrogens (tertiary/aromatic N) is 1. The maximum absolute atomic E-state index is 5.76. The zero-order chi connectivity index (χ0) is 16.9. The lowest BCUT2D eigenvalue weighted by Crippen LogP contribution is -2.40. The third-order valence-corrected chi connectivity index (χ3v) is 4.71. The van der Waals surface area contributed by atoms with Crippen molar-refractivity contribution in [3.05, 3.63) is 36.8 Å². The Labute approximate surface area is 149 Å². The predicted octanol–water partition coefficient (Wildman–Crippen LogP) is 2.85. The molecule has 1 aromatic heterocycles. The van der Waals surface area contributed by atoms with Gasteiger partial charge in [0, 0.05) is 37.6 Å². The van der Waals surface area contributed by atoms with E-state index in [2.05, 4.69) is 17.2 Å². The van der Waals surface area contributed by atoms with E-state index >= 15 is 0 Å². The van der Waals surface area contributed by atoms with E-state index in [1.807, 2.05) is 30.0 Å². The molecule has 0 aliphatic carbocycles. The van der Waals surface area contributed by atoms with Crippen molar-refractivity contribution in [1.82, 2.24) is 10.6 Å². The van der Waals surface area contributed by atoms with Crippen LogP contribution in [0.2, 0.25) is 0 Å². The number of hydrogen-bond donors (Lipinski definition) is 2. The summed E-state index contributed by atoms with van der Waals surface area (Å²) in [4.78, 5) is 4.69. The minimum atomic E-state index is 0.262. The summed E-state index contributed by atoms with van der Waals surface area (Å²) in [6, 6.07) is 3.91. The van der Waals surface area contributed by atoms with Crippen LogP contribution < -0.4 is 10.6 Å². The number of ether oxygens (including phenoxy) is 1. The van der Waals surface area contributed by atoms with Gasteiger partial charge in [-0.05, 0) is 31.4 Å². The first-order valence-corrected chi connectivity index (χ1v) is 9.89. The molecule has 2 rings (SSSR count). The molecule has 1 saturated heterocycles. The second-order valence-electron chi connectivity index (χ2n) is 5.72. The van der Waals surface area contributed by atoms with Crippen LogP contribution in [0.1, 0.15) is 25.0 Å². The van der Waals surface area contributed by atoms with Crippen LogP contribution in [0.3, 0.4) is 0 Å². The van der Waals surface area contributed by atoms with Crippen molar-refractivity contribution in [1.29, 1.82) is 0 Å². The molecule has 0 radical (unpaired) electrons. The van der Waals surface area contributed by atoms with Gasteiger partial charge in [-0.25, -0.2) is 0 Å².